The van der Waals surface area contributed by atoms with Crippen molar-refractivity contribution in [1.82, 2.24) is 20.1 Å². The van der Waals surface area contributed by atoms with E-state index in [0.717, 1.165) is 43.2 Å². The molecule has 6 rings (SSSR count). The molecule has 1 aliphatic heterocycles. The number of carbonyl (C=O) groups excluding carboxylic acids is 3. The molecule has 4 aliphatic rings. The van der Waals surface area contributed by atoms with E-state index in [1.807, 2.05) is 31.6 Å². The smallest absolute Gasteiger partial charge is 0.404 e. The molecule has 2 aromatic carbocycles. The second-order valence-electron chi connectivity index (χ2n) is 15.7. The van der Waals surface area contributed by atoms with Gasteiger partial charge in [-0.15, -0.1) is 0 Å². The number of rotatable bonds is 15. The molecule has 14 heteroatoms. The number of anilines is 1. The molecule has 51 heavy (non-hydrogen) atoms. The first-order chi connectivity index (χ1) is 24.0. The Kier molecular flexibility index (Phi) is 11.9. The van der Waals surface area contributed by atoms with Crippen molar-refractivity contribution in [3.63, 3.8) is 0 Å². The summed E-state index contributed by atoms with van der Waals surface area (Å²) in [5.41, 5.74) is 2.37. The van der Waals surface area contributed by atoms with Crippen LogP contribution >= 0.6 is 0 Å². The van der Waals surface area contributed by atoms with Gasteiger partial charge < -0.3 is 25.3 Å². The Bertz CT molecular complexity index is 1690. The average molecular weight is 724 g/mol. The molecule has 2 aromatic rings. The van der Waals surface area contributed by atoms with E-state index >= 15 is 0 Å². The lowest BCUT2D eigenvalue weighted by Gasteiger charge is -2.64. The Balaban J connectivity index is 1.31. The summed E-state index contributed by atoms with van der Waals surface area (Å²) in [4.78, 5) is 40.2. The van der Waals surface area contributed by atoms with E-state index in [9.17, 15) is 22.8 Å². The molecule has 0 aromatic heterocycles. The van der Waals surface area contributed by atoms with Crippen molar-refractivity contribution >= 4 is 40.9 Å². The van der Waals surface area contributed by atoms with Crippen molar-refractivity contribution in [2.45, 2.75) is 111 Å². The molecular weight excluding hydrogens is 669 g/mol. The topological polar surface area (TPSA) is 164 Å². The first kappa shape index (κ1) is 38.8. The first-order valence-corrected chi connectivity index (χ1v) is 19.7. The van der Waals surface area contributed by atoms with E-state index in [-0.39, 0.29) is 17.4 Å². The lowest BCUT2D eigenvalue weighted by Crippen LogP contribution is -2.65. The maximum Gasteiger partial charge on any atom is 0.481 e. The largest absolute Gasteiger partial charge is 0.481 e. The van der Waals surface area contributed by atoms with Crippen LogP contribution in [0.25, 0.3) is 0 Å². The highest BCUT2D eigenvalue weighted by Gasteiger charge is 2.68. The van der Waals surface area contributed by atoms with Gasteiger partial charge >= 0.3 is 23.4 Å². The molecule has 4 fully saturated rings. The van der Waals surface area contributed by atoms with E-state index in [1.165, 1.54) is 0 Å². The summed E-state index contributed by atoms with van der Waals surface area (Å²) in [6.07, 6.45) is 5.18. The van der Waals surface area contributed by atoms with Gasteiger partial charge in [0.25, 0.3) is 5.91 Å². The monoisotopic (exact) mass is 723 g/mol. The van der Waals surface area contributed by atoms with Crippen LogP contribution in [0.15, 0.2) is 48.5 Å². The number of carbonyl (C=O) groups is 3. The summed E-state index contributed by atoms with van der Waals surface area (Å²) in [7, 11) is -5.16. The number of unbranched alkanes of at least 4 members (excludes halogenated alkanes) is 1. The second-order valence-corrected chi connectivity index (χ2v) is 17.2. The van der Waals surface area contributed by atoms with E-state index in [2.05, 4.69) is 48.4 Å². The van der Waals surface area contributed by atoms with Gasteiger partial charge in [0.2, 0.25) is 5.91 Å². The van der Waals surface area contributed by atoms with Gasteiger partial charge in [-0.3, -0.25) is 9.59 Å². The molecule has 0 spiro atoms. The van der Waals surface area contributed by atoms with Crippen molar-refractivity contribution in [3.8, 4) is 0 Å². The van der Waals surface area contributed by atoms with Crippen LogP contribution in [-0.2, 0) is 30.7 Å². The third-order valence-corrected chi connectivity index (χ3v) is 12.0. The summed E-state index contributed by atoms with van der Waals surface area (Å²) in [6.45, 7) is 14.2. The highest BCUT2D eigenvalue weighted by atomic mass is 32.2. The lowest BCUT2D eigenvalue weighted by molar-refractivity contribution is -0.199. The maximum atomic E-state index is 14.1. The minimum absolute atomic E-state index is 0.0923. The van der Waals surface area contributed by atoms with Crippen LogP contribution in [0.2, 0.25) is 0 Å². The van der Waals surface area contributed by atoms with Crippen LogP contribution in [0.3, 0.4) is 0 Å². The van der Waals surface area contributed by atoms with Gasteiger partial charge in [0.05, 0.1) is 17.6 Å². The summed E-state index contributed by atoms with van der Waals surface area (Å²) >= 11 is 0. The predicted octanol–water partition coefficient (Wildman–Crippen LogP) is 4.89. The van der Waals surface area contributed by atoms with Gasteiger partial charge in [-0.05, 0) is 98.9 Å². The molecule has 5 N–H and O–H groups in total. The van der Waals surface area contributed by atoms with Gasteiger partial charge in [0.15, 0.2) is 0 Å². The third-order valence-electron chi connectivity index (χ3n) is 11.0. The summed E-state index contributed by atoms with van der Waals surface area (Å²) in [5.74, 6) is -0.656. The van der Waals surface area contributed by atoms with Crippen LogP contribution in [-0.4, -0.2) is 63.6 Å². The third kappa shape index (κ3) is 9.14. The minimum atomic E-state index is -4.45. The number of benzene rings is 2. The van der Waals surface area contributed by atoms with Gasteiger partial charge in [-0.2, -0.15) is 13.1 Å². The van der Waals surface area contributed by atoms with Crippen LogP contribution < -0.4 is 25.4 Å². The number of hydrogen-bond acceptors (Lipinski definition) is 7. The number of urea groups is 1. The molecule has 0 unspecified atom stereocenters. The SMILES string of the molecule is CCCCc1cccc(C(=O)N[C@@H](CNS(=O)(=O)NC(=O)Nc2ccc(C)cc2)C(=O)N[C@@H](CC(C)C)B2O[C@@H]3C[C@H]4C[C@H](C4(C)C)[C@]3(C)O2)c1. The van der Waals surface area contributed by atoms with Crippen molar-refractivity contribution in [3.05, 3.63) is 65.2 Å². The molecule has 3 aliphatic carbocycles. The van der Waals surface area contributed by atoms with Crippen molar-refractivity contribution < 1.29 is 32.1 Å². The minimum Gasteiger partial charge on any atom is -0.404 e. The molecule has 1 heterocycles. The van der Waals surface area contributed by atoms with Crippen LogP contribution in [0, 0.1) is 30.1 Å². The normalized spacial score (nSPS) is 24.5. The summed E-state index contributed by atoms with van der Waals surface area (Å²) < 4.78 is 43.4. The molecule has 3 saturated carbocycles. The first-order valence-electron chi connectivity index (χ1n) is 18.2. The lowest BCUT2D eigenvalue weighted by atomic mass is 9.43. The Morgan fingerprint density at radius 1 is 1.02 bits per heavy atom. The maximum absolute atomic E-state index is 14.1. The second kappa shape index (κ2) is 15.7. The number of hydrogen-bond donors (Lipinski definition) is 5. The molecule has 0 radical (unpaired) electrons. The Labute approximate surface area is 303 Å². The van der Waals surface area contributed by atoms with Crippen LogP contribution in [0.4, 0.5) is 10.5 Å². The number of amides is 4. The van der Waals surface area contributed by atoms with Crippen LogP contribution in [0.1, 0.15) is 95.1 Å². The molecule has 278 valence electrons. The van der Waals surface area contributed by atoms with Crippen molar-refractivity contribution in [2.24, 2.45) is 23.2 Å². The predicted molar refractivity (Wildman–Crippen MR) is 198 cm³/mol. The Morgan fingerprint density at radius 3 is 2.41 bits per heavy atom. The van der Waals surface area contributed by atoms with E-state index < -0.39 is 59.3 Å². The van der Waals surface area contributed by atoms with Gasteiger partial charge in [-0.1, -0.05) is 70.9 Å². The Morgan fingerprint density at radius 2 is 1.75 bits per heavy atom. The fourth-order valence-corrected chi connectivity index (χ4v) is 8.70. The standard InChI is InChI=1S/C37H54BN5O7S/c1-8-9-11-25-12-10-13-26(19-25)33(44)41-29(22-39-51(47,48)43-35(46)40-28-16-14-24(4)15-17-28)34(45)42-32(18-23(2)3)38-49-31-21-27-20-30(36(27,5)6)37(31,7)50-38/h10,12-17,19,23,27,29-32,39H,8-9,11,18,20-22H2,1-7H3,(H,41,44)(H,42,45)(H2,40,43,46)/t27-,29+,30-,31-,32+,37+/m1/s1. The molecule has 6 atom stereocenters. The van der Waals surface area contributed by atoms with E-state index in [0.29, 0.717) is 29.5 Å². The molecule has 12 nitrogen and oxygen atoms in total. The molecular formula is C37H54BN5O7S. The quantitative estimate of drug-likeness (QED) is 0.163. The van der Waals surface area contributed by atoms with E-state index in [4.69, 9.17) is 9.31 Å². The summed E-state index contributed by atoms with van der Waals surface area (Å²) in [5, 5.41) is 8.24. The fourth-order valence-electron chi connectivity index (χ4n) is 7.94. The zero-order valence-electron chi connectivity index (χ0n) is 30.9. The zero-order chi connectivity index (χ0) is 37.1. The highest BCUT2D eigenvalue weighted by Crippen LogP contribution is 2.65. The van der Waals surface area contributed by atoms with Crippen molar-refractivity contribution in [1.29, 1.82) is 0 Å². The number of aryl methyl sites for hydroxylation is 2. The van der Waals surface area contributed by atoms with Gasteiger partial charge in [-0.25, -0.2) is 9.52 Å². The van der Waals surface area contributed by atoms with Crippen molar-refractivity contribution in [2.75, 3.05) is 11.9 Å². The summed E-state index contributed by atoms with van der Waals surface area (Å²) in [6, 6.07) is 11.7. The molecule has 4 amide bonds. The van der Waals surface area contributed by atoms with Crippen LogP contribution in [0.5, 0.6) is 0 Å². The van der Waals surface area contributed by atoms with Gasteiger partial charge in [0, 0.05) is 17.8 Å². The Hall–Kier alpha value is -3.46. The zero-order valence-corrected chi connectivity index (χ0v) is 31.7. The number of nitrogens with one attached hydrogen (secondary N) is 5. The molecule has 1 saturated heterocycles. The highest BCUT2D eigenvalue weighted by molar-refractivity contribution is 7.88. The van der Waals surface area contributed by atoms with Gasteiger partial charge in [0.1, 0.15) is 6.04 Å². The van der Waals surface area contributed by atoms with E-state index in [1.54, 1.807) is 42.5 Å². The average Bonchev–Trinajstić information content (AvgIpc) is 3.43. The fraction of sp³-hybridized carbons (Fsp3) is 0.595. The molecule has 2 bridgehead atoms.